The smallest absolute Gasteiger partial charge is 0.160 e. The van der Waals surface area contributed by atoms with Crippen molar-refractivity contribution in [1.29, 1.82) is 0 Å². The monoisotopic (exact) mass is 524 g/mol. The Hall–Kier alpha value is -3.02. The van der Waals surface area contributed by atoms with Gasteiger partial charge < -0.3 is 4.90 Å². The van der Waals surface area contributed by atoms with Crippen molar-refractivity contribution in [2.45, 2.75) is 37.9 Å². The predicted octanol–water partition coefficient (Wildman–Crippen LogP) is 2.69. The third-order valence-corrected chi connectivity index (χ3v) is 9.66. The van der Waals surface area contributed by atoms with Gasteiger partial charge in [0, 0.05) is 42.8 Å². The molecule has 3 aliphatic rings. The van der Waals surface area contributed by atoms with Gasteiger partial charge in [0.15, 0.2) is 27.1 Å². The van der Waals surface area contributed by atoms with Gasteiger partial charge in [-0.3, -0.25) is 14.6 Å². The van der Waals surface area contributed by atoms with E-state index in [1.54, 1.807) is 6.20 Å². The molecule has 7 rings (SSSR count). The summed E-state index contributed by atoms with van der Waals surface area (Å²) >= 11 is 6.37. The highest BCUT2D eigenvalue weighted by molar-refractivity contribution is 7.92. The van der Waals surface area contributed by atoms with Crippen LogP contribution in [0, 0.1) is 0 Å². The van der Waals surface area contributed by atoms with E-state index in [0.29, 0.717) is 18.1 Å². The van der Waals surface area contributed by atoms with Crippen LogP contribution < -0.4 is 4.90 Å². The molecule has 186 valence electrons. The second-order valence-electron chi connectivity index (χ2n) is 9.93. The van der Waals surface area contributed by atoms with Crippen LogP contribution in [0.1, 0.15) is 36.0 Å². The first kappa shape index (κ1) is 22.2. The highest BCUT2D eigenvalue weighted by atomic mass is 35.5. The Kier molecular flexibility index (Phi) is 5.09. The van der Waals surface area contributed by atoms with Crippen LogP contribution in [0.5, 0.6) is 0 Å². The second kappa shape index (κ2) is 8.25. The normalized spacial score (nSPS) is 20.6. The lowest BCUT2D eigenvalue weighted by Gasteiger charge is -2.35. The number of sulfone groups is 1. The van der Waals surface area contributed by atoms with Crippen molar-refractivity contribution in [2.75, 3.05) is 29.5 Å². The maximum atomic E-state index is 11.9. The third kappa shape index (κ3) is 3.68. The standard InChI is InChI=1S/C24H25ClN8O2S/c25-17-3-4-20-16(10-17)11-32(18-13-36(34,35)14-18)12-21-27-29-23(33(20)21)15-5-8-31(9-6-15)24-19-2-1-7-26-22(19)28-30-24/h1-4,7,10,15,18H,5-6,8-9,11-14H2,(H,26,28,30). The highest BCUT2D eigenvalue weighted by Gasteiger charge is 2.40. The van der Waals surface area contributed by atoms with Gasteiger partial charge in [-0.05, 0) is 48.7 Å². The van der Waals surface area contributed by atoms with Crippen molar-refractivity contribution in [3.8, 4) is 5.69 Å². The number of fused-ring (bicyclic) bond motifs is 4. The molecule has 1 aromatic carbocycles. The number of halogens is 1. The van der Waals surface area contributed by atoms with Crippen LogP contribution in [0.2, 0.25) is 5.02 Å². The number of hydrogen-bond donors (Lipinski definition) is 1. The molecule has 0 amide bonds. The van der Waals surface area contributed by atoms with Crippen LogP contribution in [0.25, 0.3) is 16.7 Å². The molecule has 0 unspecified atom stereocenters. The predicted molar refractivity (Wildman–Crippen MR) is 136 cm³/mol. The van der Waals surface area contributed by atoms with Gasteiger partial charge in [-0.1, -0.05) is 11.6 Å². The summed E-state index contributed by atoms with van der Waals surface area (Å²) < 4.78 is 25.9. The van der Waals surface area contributed by atoms with E-state index in [9.17, 15) is 8.42 Å². The Morgan fingerprint density at radius 1 is 1.06 bits per heavy atom. The van der Waals surface area contributed by atoms with E-state index in [1.807, 2.05) is 30.3 Å². The lowest BCUT2D eigenvalue weighted by Crippen LogP contribution is -2.52. The molecule has 0 radical (unpaired) electrons. The molecule has 3 aliphatic heterocycles. The van der Waals surface area contributed by atoms with E-state index in [-0.39, 0.29) is 23.5 Å². The molecule has 10 nitrogen and oxygen atoms in total. The zero-order valence-electron chi connectivity index (χ0n) is 19.5. The van der Waals surface area contributed by atoms with Crippen molar-refractivity contribution in [3.05, 3.63) is 58.8 Å². The summed E-state index contributed by atoms with van der Waals surface area (Å²) in [6, 6.07) is 9.90. The average Bonchev–Trinajstić information content (AvgIpc) is 3.43. The largest absolute Gasteiger partial charge is 0.355 e. The number of rotatable bonds is 3. The average molecular weight is 525 g/mol. The zero-order chi connectivity index (χ0) is 24.4. The first-order valence-electron chi connectivity index (χ1n) is 12.2. The molecule has 0 spiro atoms. The Labute approximate surface area is 213 Å². The number of aromatic amines is 1. The molecule has 0 aliphatic carbocycles. The Balaban J connectivity index is 1.18. The second-order valence-corrected chi connectivity index (χ2v) is 12.5. The lowest BCUT2D eigenvalue weighted by molar-refractivity contribution is 0.193. The fourth-order valence-electron chi connectivity index (χ4n) is 5.75. The number of H-pyrrole nitrogens is 1. The number of pyridine rings is 1. The molecule has 36 heavy (non-hydrogen) atoms. The van der Waals surface area contributed by atoms with Gasteiger partial charge in [0.1, 0.15) is 5.82 Å². The molecule has 0 saturated carbocycles. The molecular formula is C24H25ClN8O2S. The van der Waals surface area contributed by atoms with E-state index in [0.717, 1.165) is 65.7 Å². The maximum absolute atomic E-state index is 11.9. The quantitative estimate of drug-likeness (QED) is 0.435. The molecule has 4 aromatic rings. The van der Waals surface area contributed by atoms with Gasteiger partial charge in [0.05, 0.1) is 29.1 Å². The van der Waals surface area contributed by atoms with E-state index in [2.05, 4.69) is 39.7 Å². The molecule has 0 bridgehead atoms. The van der Waals surface area contributed by atoms with Gasteiger partial charge in [-0.2, -0.15) is 5.10 Å². The minimum Gasteiger partial charge on any atom is -0.355 e. The third-order valence-electron chi connectivity index (χ3n) is 7.64. The van der Waals surface area contributed by atoms with Crippen LogP contribution in [-0.2, 0) is 22.9 Å². The molecule has 2 saturated heterocycles. The summed E-state index contributed by atoms with van der Waals surface area (Å²) in [5, 5.41) is 18.5. The number of aromatic nitrogens is 6. The molecule has 2 fully saturated rings. The number of piperidine rings is 1. The zero-order valence-corrected chi connectivity index (χ0v) is 21.1. The van der Waals surface area contributed by atoms with Gasteiger partial charge in [-0.15, -0.1) is 10.2 Å². The lowest BCUT2D eigenvalue weighted by atomic mass is 9.95. The van der Waals surface area contributed by atoms with Crippen molar-refractivity contribution in [3.63, 3.8) is 0 Å². The first-order chi connectivity index (χ1) is 17.4. The topological polar surface area (TPSA) is 113 Å². The molecule has 1 N–H and O–H groups in total. The van der Waals surface area contributed by atoms with Gasteiger partial charge in [0.2, 0.25) is 0 Å². The van der Waals surface area contributed by atoms with E-state index in [4.69, 9.17) is 11.6 Å². The Bertz CT molecular complexity index is 1560. The number of nitrogens with one attached hydrogen (secondary N) is 1. The van der Waals surface area contributed by atoms with Gasteiger partial charge in [-0.25, -0.2) is 13.4 Å². The van der Waals surface area contributed by atoms with Crippen molar-refractivity contribution < 1.29 is 8.42 Å². The van der Waals surface area contributed by atoms with Crippen LogP contribution >= 0.6 is 11.6 Å². The van der Waals surface area contributed by atoms with Gasteiger partial charge in [0.25, 0.3) is 0 Å². The highest BCUT2D eigenvalue weighted by Crippen LogP contribution is 2.36. The molecule has 0 atom stereocenters. The van der Waals surface area contributed by atoms with Crippen LogP contribution in [0.4, 0.5) is 5.82 Å². The molecule has 6 heterocycles. The number of anilines is 1. The van der Waals surface area contributed by atoms with Crippen molar-refractivity contribution in [2.24, 2.45) is 0 Å². The number of nitrogens with zero attached hydrogens (tertiary/aromatic N) is 7. The van der Waals surface area contributed by atoms with Crippen molar-refractivity contribution >= 4 is 38.3 Å². The minimum atomic E-state index is -2.93. The maximum Gasteiger partial charge on any atom is 0.160 e. The fourth-order valence-corrected chi connectivity index (χ4v) is 7.44. The molecule has 3 aromatic heterocycles. The van der Waals surface area contributed by atoms with Crippen LogP contribution in [0.15, 0.2) is 36.5 Å². The van der Waals surface area contributed by atoms with E-state index in [1.165, 1.54) is 0 Å². The fraction of sp³-hybridized carbons (Fsp3) is 0.417. The summed E-state index contributed by atoms with van der Waals surface area (Å²) in [6.45, 7) is 2.92. The van der Waals surface area contributed by atoms with E-state index >= 15 is 0 Å². The first-order valence-corrected chi connectivity index (χ1v) is 14.4. The number of benzene rings is 1. The summed E-state index contributed by atoms with van der Waals surface area (Å²) in [4.78, 5) is 8.87. The van der Waals surface area contributed by atoms with Crippen LogP contribution in [0.3, 0.4) is 0 Å². The van der Waals surface area contributed by atoms with Crippen LogP contribution in [-0.4, -0.2) is 73.9 Å². The Morgan fingerprint density at radius 2 is 1.89 bits per heavy atom. The van der Waals surface area contributed by atoms with E-state index < -0.39 is 9.84 Å². The van der Waals surface area contributed by atoms with Crippen molar-refractivity contribution in [1.82, 2.24) is 34.8 Å². The van der Waals surface area contributed by atoms with Gasteiger partial charge >= 0.3 is 0 Å². The number of hydrogen-bond acceptors (Lipinski definition) is 8. The molecule has 12 heteroatoms. The SMILES string of the molecule is O=S1(=O)CC(N2Cc3cc(Cl)ccc3-n3c(nnc3C3CCN(c4n[nH]c5ncccc45)CC3)C2)C1. The summed E-state index contributed by atoms with van der Waals surface area (Å²) in [6.07, 6.45) is 3.63. The summed E-state index contributed by atoms with van der Waals surface area (Å²) in [5.41, 5.74) is 2.90. The summed E-state index contributed by atoms with van der Waals surface area (Å²) in [7, 11) is -2.93. The summed E-state index contributed by atoms with van der Waals surface area (Å²) in [5.74, 6) is 3.40. The Morgan fingerprint density at radius 3 is 2.69 bits per heavy atom. The minimum absolute atomic E-state index is 0.00469. The molecular weight excluding hydrogens is 500 g/mol.